The lowest BCUT2D eigenvalue weighted by Gasteiger charge is -2.14. The first-order chi connectivity index (χ1) is 7.31. The van der Waals surface area contributed by atoms with E-state index in [4.69, 9.17) is 5.11 Å². The number of aromatic nitrogens is 1. The molecule has 1 N–H and O–H groups in total. The van der Waals surface area contributed by atoms with E-state index >= 15 is 0 Å². The van der Waals surface area contributed by atoms with Gasteiger partial charge in [0.15, 0.2) is 0 Å². The number of thiazole rings is 1. The number of nitrogens with zero attached hydrogens (tertiary/aromatic N) is 2. The predicted octanol–water partition coefficient (Wildman–Crippen LogP) is 0.988. The van der Waals surface area contributed by atoms with Crippen LogP contribution in [0.1, 0.15) is 23.3 Å². The lowest BCUT2D eigenvalue weighted by atomic mass is 10.1. The normalized spacial score (nSPS) is 20.9. The summed E-state index contributed by atoms with van der Waals surface area (Å²) in [7, 11) is 0. The number of carbonyl (C=O) groups excluding carboxylic acids is 1. The van der Waals surface area contributed by atoms with Gasteiger partial charge in [-0.2, -0.15) is 0 Å². The summed E-state index contributed by atoms with van der Waals surface area (Å²) in [6.07, 6.45) is 1.79. The van der Waals surface area contributed by atoms with Gasteiger partial charge in [-0.3, -0.25) is 4.79 Å². The molecule has 0 radical (unpaired) electrons. The molecule has 0 saturated carbocycles. The van der Waals surface area contributed by atoms with E-state index in [1.54, 1.807) is 10.9 Å². The van der Waals surface area contributed by atoms with Crippen molar-refractivity contribution in [2.24, 2.45) is 5.92 Å². The second-order valence-electron chi connectivity index (χ2n) is 3.79. The molecule has 0 spiro atoms. The van der Waals surface area contributed by atoms with Crippen LogP contribution in [-0.2, 0) is 0 Å². The van der Waals surface area contributed by atoms with Crippen LogP contribution in [0, 0.1) is 5.92 Å². The van der Waals surface area contributed by atoms with Gasteiger partial charge in [-0.05, 0) is 18.8 Å². The second-order valence-corrected chi connectivity index (χ2v) is 4.51. The van der Waals surface area contributed by atoms with Crippen molar-refractivity contribution in [3.8, 4) is 0 Å². The van der Waals surface area contributed by atoms with Crippen LogP contribution in [0.25, 0.3) is 0 Å². The zero-order chi connectivity index (χ0) is 10.7. The molecule has 15 heavy (non-hydrogen) atoms. The largest absolute Gasteiger partial charge is 0.396 e. The van der Waals surface area contributed by atoms with Crippen LogP contribution in [0.5, 0.6) is 0 Å². The molecule has 1 atom stereocenters. The highest BCUT2D eigenvalue weighted by molar-refractivity contribution is 7.07. The van der Waals surface area contributed by atoms with Gasteiger partial charge < -0.3 is 10.0 Å². The van der Waals surface area contributed by atoms with E-state index < -0.39 is 0 Å². The van der Waals surface area contributed by atoms with Crippen LogP contribution in [0.3, 0.4) is 0 Å². The van der Waals surface area contributed by atoms with Crippen molar-refractivity contribution < 1.29 is 9.90 Å². The molecule has 5 heteroatoms. The van der Waals surface area contributed by atoms with Gasteiger partial charge in [0.25, 0.3) is 5.91 Å². The quantitative estimate of drug-likeness (QED) is 0.836. The molecule has 0 bridgehead atoms. The maximum absolute atomic E-state index is 11.9. The molecule has 1 aromatic heterocycles. The molecule has 1 amide bonds. The first-order valence-corrected chi connectivity index (χ1v) is 6.04. The van der Waals surface area contributed by atoms with Crippen LogP contribution >= 0.6 is 11.3 Å². The van der Waals surface area contributed by atoms with E-state index in [-0.39, 0.29) is 12.5 Å². The van der Waals surface area contributed by atoms with Crippen LogP contribution in [0.15, 0.2) is 10.9 Å². The summed E-state index contributed by atoms with van der Waals surface area (Å²) in [5.74, 6) is 0.481. The number of amides is 1. The van der Waals surface area contributed by atoms with E-state index in [2.05, 4.69) is 4.98 Å². The van der Waals surface area contributed by atoms with Gasteiger partial charge in [0, 0.05) is 25.1 Å². The van der Waals surface area contributed by atoms with Crippen LogP contribution in [0.4, 0.5) is 0 Å². The molecule has 4 nitrogen and oxygen atoms in total. The molecule has 1 fully saturated rings. The van der Waals surface area contributed by atoms with Gasteiger partial charge in [-0.25, -0.2) is 4.98 Å². The lowest BCUT2D eigenvalue weighted by Crippen LogP contribution is -2.29. The van der Waals surface area contributed by atoms with E-state index in [9.17, 15) is 4.79 Å². The van der Waals surface area contributed by atoms with Crippen molar-refractivity contribution in [2.45, 2.75) is 12.8 Å². The fourth-order valence-corrected chi connectivity index (χ4v) is 2.44. The van der Waals surface area contributed by atoms with Gasteiger partial charge >= 0.3 is 0 Å². The molecule has 1 aliphatic rings. The van der Waals surface area contributed by atoms with Crippen molar-refractivity contribution in [3.05, 3.63) is 16.6 Å². The Kier molecular flexibility index (Phi) is 3.33. The minimum Gasteiger partial charge on any atom is -0.396 e. The monoisotopic (exact) mass is 226 g/mol. The molecule has 1 saturated heterocycles. The number of rotatable bonds is 3. The first kappa shape index (κ1) is 10.6. The number of carbonyl (C=O) groups is 1. The number of aliphatic hydroxyl groups is 1. The molecule has 82 valence electrons. The van der Waals surface area contributed by atoms with Gasteiger partial charge in [-0.15, -0.1) is 11.3 Å². The topological polar surface area (TPSA) is 53.4 Å². The van der Waals surface area contributed by atoms with Crippen molar-refractivity contribution >= 4 is 17.2 Å². The predicted molar refractivity (Wildman–Crippen MR) is 57.8 cm³/mol. The standard InChI is InChI=1S/C10H14N2O2S/c13-4-2-8-1-3-12(5-8)10(14)9-6-15-7-11-9/h6-8,13H,1-5H2. The van der Waals surface area contributed by atoms with Crippen LogP contribution < -0.4 is 0 Å². The summed E-state index contributed by atoms with van der Waals surface area (Å²) in [4.78, 5) is 17.7. The van der Waals surface area contributed by atoms with Crippen LogP contribution in [0.2, 0.25) is 0 Å². The Balaban J connectivity index is 1.93. The SMILES string of the molecule is O=C(c1cscn1)N1CCC(CCO)C1. The Hall–Kier alpha value is -0.940. The molecule has 2 rings (SSSR count). The highest BCUT2D eigenvalue weighted by Crippen LogP contribution is 2.20. The highest BCUT2D eigenvalue weighted by Gasteiger charge is 2.27. The Labute approximate surface area is 92.6 Å². The van der Waals surface area contributed by atoms with Gasteiger partial charge in [-0.1, -0.05) is 0 Å². The van der Waals surface area contributed by atoms with E-state index in [1.807, 2.05) is 4.90 Å². The number of hydrogen-bond donors (Lipinski definition) is 1. The number of likely N-dealkylation sites (tertiary alicyclic amines) is 1. The Morgan fingerprint density at radius 3 is 3.27 bits per heavy atom. The molecule has 1 unspecified atom stereocenters. The van der Waals surface area contributed by atoms with Crippen molar-refractivity contribution in [2.75, 3.05) is 19.7 Å². The maximum atomic E-state index is 11.9. The second kappa shape index (κ2) is 4.72. The molecular formula is C10H14N2O2S. The minimum atomic E-state index is 0.0247. The van der Waals surface area contributed by atoms with Crippen LogP contribution in [-0.4, -0.2) is 40.6 Å². The zero-order valence-electron chi connectivity index (χ0n) is 8.43. The third kappa shape index (κ3) is 2.35. The number of aliphatic hydroxyl groups excluding tert-OH is 1. The first-order valence-electron chi connectivity index (χ1n) is 5.09. The van der Waals surface area contributed by atoms with E-state index in [0.29, 0.717) is 11.6 Å². The third-order valence-corrected chi connectivity index (χ3v) is 3.35. The molecule has 1 aromatic rings. The Bertz CT molecular complexity index is 326. The minimum absolute atomic E-state index is 0.0247. The lowest BCUT2D eigenvalue weighted by molar-refractivity contribution is 0.0780. The zero-order valence-corrected chi connectivity index (χ0v) is 9.24. The van der Waals surface area contributed by atoms with E-state index in [0.717, 1.165) is 25.9 Å². The smallest absolute Gasteiger partial charge is 0.273 e. The fourth-order valence-electron chi connectivity index (χ4n) is 1.92. The molecule has 1 aliphatic heterocycles. The fraction of sp³-hybridized carbons (Fsp3) is 0.600. The molecular weight excluding hydrogens is 212 g/mol. The van der Waals surface area contributed by atoms with Crippen molar-refractivity contribution in [1.29, 1.82) is 0 Å². The summed E-state index contributed by atoms with van der Waals surface area (Å²) in [6, 6.07) is 0. The summed E-state index contributed by atoms with van der Waals surface area (Å²) in [5.41, 5.74) is 2.22. The van der Waals surface area contributed by atoms with Crippen molar-refractivity contribution in [1.82, 2.24) is 9.88 Å². The third-order valence-electron chi connectivity index (χ3n) is 2.76. The van der Waals surface area contributed by atoms with Crippen molar-refractivity contribution in [3.63, 3.8) is 0 Å². The molecule has 2 heterocycles. The number of hydrogen-bond acceptors (Lipinski definition) is 4. The molecule has 0 aliphatic carbocycles. The highest BCUT2D eigenvalue weighted by atomic mass is 32.1. The Morgan fingerprint density at radius 2 is 2.60 bits per heavy atom. The average Bonchev–Trinajstić information content (AvgIpc) is 2.87. The maximum Gasteiger partial charge on any atom is 0.273 e. The summed E-state index contributed by atoms with van der Waals surface area (Å²) < 4.78 is 0. The summed E-state index contributed by atoms with van der Waals surface area (Å²) in [6.45, 7) is 1.77. The van der Waals surface area contributed by atoms with Gasteiger partial charge in [0.2, 0.25) is 0 Å². The summed E-state index contributed by atoms with van der Waals surface area (Å²) >= 11 is 1.44. The van der Waals surface area contributed by atoms with Gasteiger partial charge in [0.05, 0.1) is 5.51 Å². The van der Waals surface area contributed by atoms with E-state index in [1.165, 1.54) is 11.3 Å². The molecule has 0 aromatic carbocycles. The Morgan fingerprint density at radius 1 is 1.73 bits per heavy atom. The average molecular weight is 226 g/mol. The van der Waals surface area contributed by atoms with Gasteiger partial charge in [0.1, 0.15) is 5.69 Å². The summed E-state index contributed by atoms with van der Waals surface area (Å²) in [5, 5.41) is 10.6.